The standard InChI is InChI=1S/C13H16N2O2/c1-10-9-11(5-4-8-16)6-7-12(10)14-13(17)15(2)3/h6-7,9,16H,8H2,1-3H3,(H,14,17). The van der Waals surface area contributed by atoms with Crippen molar-refractivity contribution in [2.45, 2.75) is 6.92 Å². The molecule has 2 N–H and O–H groups in total. The monoisotopic (exact) mass is 232 g/mol. The molecular formula is C13H16N2O2. The van der Waals surface area contributed by atoms with Crippen molar-refractivity contribution in [2.24, 2.45) is 0 Å². The third-order valence-corrected chi connectivity index (χ3v) is 2.19. The van der Waals surface area contributed by atoms with Crippen LogP contribution in [-0.2, 0) is 0 Å². The Morgan fingerprint density at radius 1 is 1.47 bits per heavy atom. The molecule has 90 valence electrons. The Hall–Kier alpha value is -1.99. The Balaban J connectivity index is 2.87. The van der Waals surface area contributed by atoms with Gasteiger partial charge in [0, 0.05) is 25.3 Å². The molecule has 0 saturated carbocycles. The van der Waals surface area contributed by atoms with Crippen LogP contribution in [-0.4, -0.2) is 36.7 Å². The molecule has 0 spiro atoms. The van der Waals surface area contributed by atoms with Crippen LogP contribution in [0.4, 0.5) is 10.5 Å². The van der Waals surface area contributed by atoms with Gasteiger partial charge in [-0.3, -0.25) is 0 Å². The molecule has 1 rings (SSSR count). The van der Waals surface area contributed by atoms with Crippen LogP contribution >= 0.6 is 0 Å². The lowest BCUT2D eigenvalue weighted by molar-refractivity contribution is 0.230. The van der Waals surface area contributed by atoms with Gasteiger partial charge in [-0.15, -0.1) is 0 Å². The van der Waals surface area contributed by atoms with Gasteiger partial charge in [0.25, 0.3) is 0 Å². The highest BCUT2D eigenvalue weighted by Gasteiger charge is 2.05. The number of aliphatic hydroxyl groups is 1. The topological polar surface area (TPSA) is 52.6 Å². The summed E-state index contributed by atoms with van der Waals surface area (Å²) in [7, 11) is 3.37. The molecule has 0 saturated heterocycles. The molecule has 0 radical (unpaired) electrons. The SMILES string of the molecule is Cc1cc(C#CCO)ccc1NC(=O)N(C)C. The smallest absolute Gasteiger partial charge is 0.321 e. The number of hydrogen-bond donors (Lipinski definition) is 2. The van der Waals surface area contributed by atoms with Gasteiger partial charge in [-0.05, 0) is 30.7 Å². The first-order valence-corrected chi connectivity index (χ1v) is 5.23. The molecule has 0 aliphatic carbocycles. The first-order valence-electron chi connectivity index (χ1n) is 5.23. The van der Waals surface area contributed by atoms with Crippen molar-refractivity contribution < 1.29 is 9.90 Å². The number of anilines is 1. The van der Waals surface area contributed by atoms with Gasteiger partial charge < -0.3 is 15.3 Å². The molecule has 1 aromatic rings. The van der Waals surface area contributed by atoms with Gasteiger partial charge in [-0.1, -0.05) is 11.8 Å². The Morgan fingerprint density at radius 2 is 2.18 bits per heavy atom. The average molecular weight is 232 g/mol. The van der Waals surface area contributed by atoms with Crippen molar-refractivity contribution in [2.75, 3.05) is 26.0 Å². The first kappa shape index (κ1) is 13.1. The number of amides is 2. The number of nitrogens with zero attached hydrogens (tertiary/aromatic N) is 1. The van der Waals surface area contributed by atoms with Gasteiger partial charge in [0.15, 0.2) is 0 Å². The number of aryl methyl sites for hydroxylation is 1. The fourth-order valence-corrected chi connectivity index (χ4v) is 1.25. The van der Waals surface area contributed by atoms with E-state index in [1.54, 1.807) is 26.2 Å². The van der Waals surface area contributed by atoms with Crippen LogP contribution in [0.3, 0.4) is 0 Å². The molecule has 2 amide bonds. The number of carbonyl (C=O) groups is 1. The van der Waals surface area contributed by atoms with Crippen LogP contribution in [0.1, 0.15) is 11.1 Å². The highest BCUT2D eigenvalue weighted by Crippen LogP contribution is 2.16. The van der Waals surface area contributed by atoms with E-state index in [1.165, 1.54) is 4.90 Å². The van der Waals surface area contributed by atoms with Crippen molar-refractivity contribution in [1.29, 1.82) is 0 Å². The van der Waals surface area contributed by atoms with Gasteiger partial charge in [-0.2, -0.15) is 0 Å². The predicted octanol–water partition coefficient (Wildman–Crippen LogP) is 1.43. The third-order valence-electron chi connectivity index (χ3n) is 2.19. The van der Waals surface area contributed by atoms with Crippen molar-refractivity contribution in [3.8, 4) is 11.8 Å². The third kappa shape index (κ3) is 3.82. The van der Waals surface area contributed by atoms with E-state index in [-0.39, 0.29) is 12.6 Å². The number of rotatable bonds is 1. The minimum Gasteiger partial charge on any atom is -0.384 e. The molecule has 1 aromatic carbocycles. The number of carbonyl (C=O) groups excluding carboxylic acids is 1. The maximum atomic E-state index is 11.5. The molecule has 4 nitrogen and oxygen atoms in total. The quantitative estimate of drug-likeness (QED) is 0.720. The summed E-state index contributed by atoms with van der Waals surface area (Å²) < 4.78 is 0. The zero-order chi connectivity index (χ0) is 12.8. The second-order valence-corrected chi connectivity index (χ2v) is 3.81. The normalized spacial score (nSPS) is 9.18. The number of urea groups is 1. The highest BCUT2D eigenvalue weighted by molar-refractivity contribution is 5.89. The van der Waals surface area contributed by atoms with E-state index in [9.17, 15) is 4.79 Å². The van der Waals surface area contributed by atoms with E-state index >= 15 is 0 Å². The predicted molar refractivity (Wildman–Crippen MR) is 67.8 cm³/mol. The second kappa shape index (κ2) is 5.92. The number of hydrogen-bond acceptors (Lipinski definition) is 2. The number of nitrogens with one attached hydrogen (secondary N) is 1. The van der Waals surface area contributed by atoms with E-state index in [0.29, 0.717) is 0 Å². The molecule has 0 heterocycles. The minimum atomic E-state index is -0.165. The molecule has 0 aliphatic heterocycles. The zero-order valence-electron chi connectivity index (χ0n) is 10.2. The fourth-order valence-electron chi connectivity index (χ4n) is 1.25. The molecule has 0 aliphatic rings. The van der Waals surface area contributed by atoms with E-state index in [1.807, 2.05) is 13.0 Å². The van der Waals surface area contributed by atoms with Gasteiger partial charge in [-0.25, -0.2) is 4.79 Å². The zero-order valence-corrected chi connectivity index (χ0v) is 10.2. The highest BCUT2D eigenvalue weighted by atomic mass is 16.2. The van der Waals surface area contributed by atoms with Crippen molar-refractivity contribution in [1.82, 2.24) is 4.90 Å². The van der Waals surface area contributed by atoms with Gasteiger partial charge in [0.05, 0.1) is 0 Å². The van der Waals surface area contributed by atoms with E-state index in [4.69, 9.17) is 5.11 Å². The molecule has 0 bridgehead atoms. The molecule has 0 aromatic heterocycles. The van der Waals surface area contributed by atoms with Gasteiger partial charge in [0.1, 0.15) is 6.61 Å². The minimum absolute atomic E-state index is 0.155. The largest absolute Gasteiger partial charge is 0.384 e. The molecule has 0 atom stereocenters. The van der Waals surface area contributed by atoms with E-state index in [2.05, 4.69) is 17.2 Å². The number of aliphatic hydroxyl groups excluding tert-OH is 1. The number of benzene rings is 1. The lowest BCUT2D eigenvalue weighted by Crippen LogP contribution is -2.27. The average Bonchev–Trinajstić information content (AvgIpc) is 2.29. The van der Waals surface area contributed by atoms with Crippen molar-refractivity contribution in [3.05, 3.63) is 29.3 Å². The van der Waals surface area contributed by atoms with Crippen molar-refractivity contribution in [3.63, 3.8) is 0 Å². The fraction of sp³-hybridized carbons (Fsp3) is 0.308. The summed E-state index contributed by atoms with van der Waals surface area (Å²) in [6.07, 6.45) is 0. The lowest BCUT2D eigenvalue weighted by atomic mass is 10.1. The molecule has 0 fully saturated rings. The Morgan fingerprint density at radius 3 is 2.71 bits per heavy atom. The first-order chi connectivity index (χ1) is 8.04. The second-order valence-electron chi connectivity index (χ2n) is 3.81. The molecule has 17 heavy (non-hydrogen) atoms. The van der Waals surface area contributed by atoms with Crippen LogP contribution in [0, 0.1) is 18.8 Å². The lowest BCUT2D eigenvalue weighted by Gasteiger charge is -2.13. The summed E-state index contributed by atoms with van der Waals surface area (Å²) in [6.45, 7) is 1.74. The summed E-state index contributed by atoms with van der Waals surface area (Å²) >= 11 is 0. The van der Waals surface area contributed by atoms with Crippen LogP contribution in [0.25, 0.3) is 0 Å². The summed E-state index contributed by atoms with van der Waals surface area (Å²) in [5.41, 5.74) is 2.52. The molecular weight excluding hydrogens is 216 g/mol. The van der Waals surface area contributed by atoms with Crippen LogP contribution in [0.15, 0.2) is 18.2 Å². The summed E-state index contributed by atoms with van der Waals surface area (Å²) in [6, 6.07) is 5.31. The molecule has 0 unspecified atom stereocenters. The Kier molecular flexibility index (Phi) is 4.56. The van der Waals surface area contributed by atoms with Crippen LogP contribution < -0.4 is 5.32 Å². The Bertz CT molecular complexity index is 470. The molecule has 4 heteroatoms. The van der Waals surface area contributed by atoms with E-state index in [0.717, 1.165) is 16.8 Å². The summed E-state index contributed by atoms with van der Waals surface area (Å²) in [4.78, 5) is 12.9. The maximum absolute atomic E-state index is 11.5. The summed E-state index contributed by atoms with van der Waals surface area (Å²) in [5.74, 6) is 5.40. The van der Waals surface area contributed by atoms with Crippen molar-refractivity contribution >= 4 is 11.7 Å². The van der Waals surface area contributed by atoms with Gasteiger partial charge >= 0.3 is 6.03 Å². The van der Waals surface area contributed by atoms with Crippen LogP contribution in [0.2, 0.25) is 0 Å². The maximum Gasteiger partial charge on any atom is 0.321 e. The summed E-state index contributed by atoms with van der Waals surface area (Å²) in [5, 5.41) is 11.4. The van der Waals surface area contributed by atoms with Gasteiger partial charge in [0.2, 0.25) is 0 Å². The van der Waals surface area contributed by atoms with Crippen LogP contribution in [0.5, 0.6) is 0 Å². The van der Waals surface area contributed by atoms with E-state index < -0.39 is 0 Å². The Labute approximate surface area is 101 Å².